The van der Waals surface area contributed by atoms with Crippen molar-refractivity contribution < 1.29 is 28.6 Å². The maximum atomic E-state index is 11.1. The topological polar surface area (TPSA) is 78.9 Å². The molecule has 17 heavy (non-hydrogen) atoms. The molecule has 6 heteroatoms. The smallest absolute Gasteiger partial charge is 0.347 e. The van der Waals surface area contributed by atoms with Crippen molar-refractivity contribution in [3.8, 4) is 0 Å². The Labute approximate surface area is 99.5 Å². The highest BCUT2D eigenvalue weighted by molar-refractivity contribution is 5.92. The van der Waals surface area contributed by atoms with E-state index in [2.05, 4.69) is 14.2 Å². The first-order chi connectivity index (χ1) is 8.01. The van der Waals surface area contributed by atoms with Crippen molar-refractivity contribution in [3.05, 3.63) is 12.2 Å². The van der Waals surface area contributed by atoms with Crippen molar-refractivity contribution in [3.63, 3.8) is 0 Å². The molecule has 1 atom stereocenters. The van der Waals surface area contributed by atoms with Crippen LogP contribution in [0.3, 0.4) is 0 Å². The predicted octanol–water partition coefficient (Wildman–Crippen LogP) is 0.600. The van der Waals surface area contributed by atoms with Crippen LogP contribution in [0.25, 0.3) is 0 Å². The first kappa shape index (κ1) is 15.2. The van der Waals surface area contributed by atoms with Gasteiger partial charge in [0.15, 0.2) is 6.10 Å². The van der Waals surface area contributed by atoms with E-state index in [1.807, 2.05) is 0 Å². The van der Waals surface area contributed by atoms with Crippen molar-refractivity contribution in [2.75, 3.05) is 13.2 Å². The van der Waals surface area contributed by atoms with Gasteiger partial charge < -0.3 is 14.2 Å². The van der Waals surface area contributed by atoms with E-state index in [4.69, 9.17) is 0 Å². The molecule has 0 aromatic rings. The standard InChI is InChI=1S/C11H16O6/c1-4-15-9(12)6-7-10(13)17-8(3)11(14)16-5-2/h6-8H,4-5H2,1-3H3. The third-order valence-corrected chi connectivity index (χ3v) is 1.55. The number of rotatable bonds is 6. The van der Waals surface area contributed by atoms with Crippen LogP contribution in [0.5, 0.6) is 0 Å². The third kappa shape index (κ3) is 7.10. The normalized spacial score (nSPS) is 11.9. The van der Waals surface area contributed by atoms with Gasteiger partial charge in [-0.1, -0.05) is 0 Å². The van der Waals surface area contributed by atoms with Gasteiger partial charge in [0.25, 0.3) is 0 Å². The van der Waals surface area contributed by atoms with Crippen LogP contribution in [-0.4, -0.2) is 37.2 Å². The average molecular weight is 244 g/mol. The van der Waals surface area contributed by atoms with E-state index in [0.29, 0.717) is 0 Å². The summed E-state index contributed by atoms with van der Waals surface area (Å²) in [4.78, 5) is 33.1. The van der Waals surface area contributed by atoms with Crippen LogP contribution in [-0.2, 0) is 28.6 Å². The summed E-state index contributed by atoms with van der Waals surface area (Å²) >= 11 is 0. The van der Waals surface area contributed by atoms with Gasteiger partial charge in [-0.25, -0.2) is 14.4 Å². The van der Waals surface area contributed by atoms with Gasteiger partial charge in [-0.05, 0) is 20.8 Å². The Morgan fingerprint density at radius 1 is 1.00 bits per heavy atom. The zero-order valence-corrected chi connectivity index (χ0v) is 10.1. The minimum Gasteiger partial charge on any atom is -0.463 e. The maximum Gasteiger partial charge on any atom is 0.347 e. The molecule has 0 spiro atoms. The minimum atomic E-state index is -1.01. The maximum absolute atomic E-state index is 11.1. The zero-order valence-electron chi connectivity index (χ0n) is 10.1. The van der Waals surface area contributed by atoms with Gasteiger partial charge in [0, 0.05) is 12.2 Å². The van der Waals surface area contributed by atoms with Gasteiger partial charge in [0.2, 0.25) is 0 Å². The van der Waals surface area contributed by atoms with E-state index in [0.717, 1.165) is 12.2 Å². The first-order valence-electron chi connectivity index (χ1n) is 5.23. The predicted molar refractivity (Wildman–Crippen MR) is 58.0 cm³/mol. The number of hydrogen-bond donors (Lipinski definition) is 0. The molecule has 0 radical (unpaired) electrons. The molecule has 0 aromatic heterocycles. The summed E-state index contributed by atoms with van der Waals surface area (Å²) in [6, 6.07) is 0. The van der Waals surface area contributed by atoms with E-state index in [1.54, 1.807) is 13.8 Å². The lowest BCUT2D eigenvalue weighted by molar-refractivity contribution is -0.163. The van der Waals surface area contributed by atoms with Gasteiger partial charge in [0.1, 0.15) is 0 Å². The molecule has 0 N–H and O–H groups in total. The molecule has 0 amide bonds. The van der Waals surface area contributed by atoms with E-state index in [1.165, 1.54) is 6.92 Å². The number of ether oxygens (including phenoxy) is 3. The van der Waals surface area contributed by atoms with Crippen molar-refractivity contribution in [2.45, 2.75) is 26.9 Å². The molecular weight excluding hydrogens is 228 g/mol. The fourth-order valence-corrected chi connectivity index (χ4v) is 0.848. The van der Waals surface area contributed by atoms with Crippen LogP contribution in [0.1, 0.15) is 20.8 Å². The Morgan fingerprint density at radius 3 is 2.06 bits per heavy atom. The van der Waals surface area contributed by atoms with Crippen molar-refractivity contribution in [1.29, 1.82) is 0 Å². The van der Waals surface area contributed by atoms with Crippen LogP contribution < -0.4 is 0 Å². The first-order valence-corrected chi connectivity index (χ1v) is 5.23. The molecule has 1 unspecified atom stereocenters. The number of carbonyl (C=O) groups excluding carboxylic acids is 3. The summed E-state index contributed by atoms with van der Waals surface area (Å²) in [6.07, 6.45) is 0.825. The average Bonchev–Trinajstić information content (AvgIpc) is 2.27. The van der Waals surface area contributed by atoms with Crippen LogP contribution in [0.4, 0.5) is 0 Å². The highest BCUT2D eigenvalue weighted by Crippen LogP contribution is 1.96. The Morgan fingerprint density at radius 2 is 1.53 bits per heavy atom. The molecule has 6 nitrogen and oxygen atoms in total. The molecule has 0 saturated carbocycles. The van der Waals surface area contributed by atoms with E-state index in [-0.39, 0.29) is 13.2 Å². The molecule has 0 fully saturated rings. The number of hydrogen-bond acceptors (Lipinski definition) is 6. The molecular formula is C11H16O6. The number of esters is 3. The van der Waals surface area contributed by atoms with Crippen molar-refractivity contribution in [2.24, 2.45) is 0 Å². The van der Waals surface area contributed by atoms with Gasteiger partial charge in [0.05, 0.1) is 13.2 Å². The van der Waals surface area contributed by atoms with Crippen LogP contribution in [0.15, 0.2) is 12.2 Å². The largest absolute Gasteiger partial charge is 0.463 e. The second-order valence-electron chi connectivity index (χ2n) is 2.92. The molecule has 0 rings (SSSR count). The lowest BCUT2D eigenvalue weighted by Gasteiger charge is -2.09. The third-order valence-electron chi connectivity index (χ3n) is 1.55. The molecule has 0 heterocycles. The summed E-state index contributed by atoms with van der Waals surface area (Å²) < 4.78 is 13.9. The molecule has 96 valence electrons. The van der Waals surface area contributed by atoms with Crippen molar-refractivity contribution >= 4 is 17.9 Å². The zero-order chi connectivity index (χ0) is 13.3. The summed E-state index contributed by atoms with van der Waals surface area (Å²) in [5, 5.41) is 0. The van der Waals surface area contributed by atoms with Gasteiger partial charge in [-0.2, -0.15) is 0 Å². The van der Waals surface area contributed by atoms with Gasteiger partial charge >= 0.3 is 17.9 Å². The highest BCUT2D eigenvalue weighted by Gasteiger charge is 2.17. The molecule has 0 bridgehead atoms. The quantitative estimate of drug-likeness (QED) is 0.387. The Bertz CT molecular complexity index is 307. The second kappa shape index (κ2) is 8.32. The molecule has 0 aromatic carbocycles. The number of carbonyl (C=O) groups is 3. The molecule has 0 aliphatic heterocycles. The summed E-state index contributed by atoms with van der Waals surface area (Å²) in [7, 11) is 0. The van der Waals surface area contributed by atoms with Gasteiger partial charge in [-0.3, -0.25) is 0 Å². The lowest BCUT2D eigenvalue weighted by atomic mass is 10.4. The van der Waals surface area contributed by atoms with Gasteiger partial charge in [-0.15, -0.1) is 0 Å². The SMILES string of the molecule is CCOC(=O)C=CC(=O)OC(C)C(=O)OCC. The molecule has 0 aliphatic rings. The van der Waals surface area contributed by atoms with Crippen molar-refractivity contribution in [1.82, 2.24) is 0 Å². The van der Waals surface area contributed by atoms with E-state index >= 15 is 0 Å². The van der Waals surface area contributed by atoms with Crippen LogP contribution >= 0.6 is 0 Å². The lowest BCUT2D eigenvalue weighted by Crippen LogP contribution is -2.25. The Hall–Kier alpha value is -1.85. The Balaban J connectivity index is 4.09. The monoisotopic (exact) mass is 244 g/mol. The van der Waals surface area contributed by atoms with E-state index < -0.39 is 24.0 Å². The fraction of sp³-hybridized carbons (Fsp3) is 0.545. The highest BCUT2D eigenvalue weighted by atomic mass is 16.6. The second-order valence-corrected chi connectivity index (χ2v) is 2.92. The Kier molecular flexibility index (Phi) is 7.41. The summed E-state index contributed by atoms with van der Waals surface area (Å²) in [5.74, 6) is -2.09. The molecule has 0 aliphatic carbocycles. The molecule has 0 saturated heterocycles. The summed E-state index contributed by atoms with van der Waals surface area (Å²) in [5.41, 5.74) is 0. The van der Waals surface area contributed by atoms with Crippen LogP contribution in [0.2, 0.25) is 0 Å². The summed E-state index contributed by atoms with van der Waals surface area (Å²) in [6.45, 7) is 5.10. The minimum absolute atomic E-state index is 0.208. The fourth-order valence-electron chi connectivity index (χ4n) is 0.848. The van der Waals surface area contributed by atoms with E-state index in [9.17, 15) is 14.4 Å². The van der Waals surface area contributed by atoms with Crippen LogP contribution in [0, 0.1) is 0 Å².